The molecule has 0 saturated heterocycles. The van der Waals surface area contributed by atoms with Gasteiger partial charge in [0, 0.05) is 17.4 Å². The summed E-state index contributed by atoms with van der Waals surface area (Å²) in [4.78, 5) is 4.03. The number of aromatic nitrogens is 1. The highest BCUT2D eigenvalue weighted by molar-refractivity contribution is 6.30. The van der Waals surface area contributed by atoms with Gasteiger partial charge in [-0.15, -0.1) is 0 Å². The van der Waals surface area contributed by atoms with Crippen LogP contribution in [0.4, 0.5) is 10.1 Å². The van der Waals surface area contributed by atoms with E-state index in [4.69, 9.17) is 11.6 Å². The summed E-state index contributed by atoms with van der Waals surface area (Å²) in [7, 11) is 0. The lowest BCUT2D eigenvalue weighted by Gasteiger charge is -2.15. The second kappa shape index (κ2) is 5.15. The molecule has 0 bridgehead atoms. The summed E-state index contributed by atoms with van der Waals surface area (Å²) in [6.45, 7) is 1.95. The van der Waals surface area contributed by atoms with E-state index in [9.17, 15) is 4.39 Å². The van der Waals surface area contributed by atoms with Gasteiger partial charge in [-0.05, 0) is 36.8 Å². The molecule has 1 N–H and O–H groups in total. The molecular formula is C13H12ClFN2. The molecule has 1 heterocycles. The number of pyridine rings is 1. The molecule has 0 aliphatic carbocycles. The molecule has 88 valence electrons. The maximum absolute atomic E-state index is 13.6. The van der Waals surface area contributed by atoms with E-state index < -0.39 is 0 Å². The molecule has 0 saturated carbocycles. The maximum Gasteiger partial charge on any atom is 0.147 e. The average Bonchev–Trinajstić information content (AvgIpc) is 2.34. The molecular weight excluding hydrogens is 239 g/mol. The van der Waals surface area contributed by atoms with Crippen LogP contribution in [0.25, 0.3) is 0 Å². The number of rotatable bonds is 3. The number of nitrogens with zero attached hydrogens (tertiary/aromatic N) is 1. The van der Waals surface area contributed by atoms with Crippen molar-refractivity contribution in [2.24, 2.45) is 0 Å². The summed E-state index contributed by atoms with van der Waals surface area (Å²) in [6.07, 6.45) is 3.46. The summed E-state index contributed by atoms with van der Waals surface area (Å²) in [5.41, 5.74) is 1.44. The van der Waals surface area contributed by atoms with Crippen molar-refractivity contribution in [2.45, 2.75) is 13.0 Å². The third kappa shape index (κ3) is 2.94. The van der Waals surface area contributed by atoms with Gasteiger partial charge in [0.2, 0.25) is 0 Å². The van der Waals surface area contributed by atoms with E-state index in [1.807, 2.05) is 19.1 Å². The minimum absolute atomic E-state index is 0.0145. The minimum atomic E-state index is -0.353. The average molecular weight is 251 g/mol. The maximum atomic E-state index is 13.6. The Hall–Kier alpha value is -1.61. The molecule has 1 aromatic heterocycles. The fourth-order valence-electron chi connectivity index (χ4n) is 1.56. The van der Waals surface area contributed by atoms with Crippen LogP contribution >= 0.6 is 11.6 Å². The van der Waals surface area contributed by atoms with E-state index in [0.717, 1.165) is 5.56 Å². The van der Waals surface area contributed by atoms with E-state index in [2.05, 4.69) is 10.3 Å². The molecule has 0 aliphatic rings. The van der Waals surface area contributed by atoms with Gasteiger partial charge in [0.05, 0.1) is 11.7 Å². The highest BCUT2D eigenvalue weighted by Gasteiger charge is 2.08. The van der Waals surface area contributed by atoms with Crippen molar-refractivity contribution < 1.29 is 4.39 Å². The molecule has 1 unspecified atom stereocenters. The molecule has 4 heteroatoms. The molecule has 2 aromatic rings. The predicted molar refractivity (Wildman–Crippen MR) is 67.7 cm³/mol. The summed E-state index contributed by atoms with van der Waals surface area (Å²) in [5.74, 6) is -0.353. The highest BCUT2D eigenvalue weighted by Crippen LogP contribution is 2.23. The normalized spacial score (nSPS) is 12.2. The molecule has 2 rings (SSSR count). The highest BCUT2D eigenvalue weighted by atomic mass is 35.5. The number of halogens is 2. The van der Waals surface area contributed by atoms with Gasteiger partial charge >= 0.3 is 0 Å². The van der Waals surface area contributed by atoms with Gasteiger partial charge < -0.3 is 5.32 Å². The Balaban J connectivity index is 2.16. The molecule has 0 radical (unpaired) electrons. The van der Waals surface area contributed by atoms with Crippen molar-refractivity contribution in [3.63, 3.8) is 0 Å². The zero-order valence-electron chi connectivity index (χ0n) is 9.32. The molecule has 1 atom stereocenters. The predicted octanol–water partition coefficient (Wildman–Crippen LogP) is 4.05. The van der Waals surface area contributed by atoms with Crippen LogP contribution in [-0.2, 0) is 0 Å². The van der Waals surface area contributed by atoms with Crippen molar-refractivity contribution in [2.75, 3.05) is 5.32 Å². The van der Waals surface area contributed by atoms with E-state index in [-0.39, 0.29) is 11.9 Å². The van der Waals surface area contributed by atoms with E-state index in [1.54, 1.807) is 24.5 Å². The third-order valence-corrected chi connectivity index (χ3v) is 2.72. The van der Waals surface area contributed by atoms with Crippen molar-refractivity contribution in [1.82, 2.24) is 4.98 Å². The van der Waals surface area contributed by atoms with E-state index in [1.165, 1.54) is 6.07 Å². The van der Waals surface area contributed by atoms with Crippen LogP contribution in [0.3, 0.4) is 0 Å². The number of nitrogens with one attached hydrogen (secondary N) is 1. The zero-order chi connectivity index (χ0) is 12.3. The molecule has 0 spiro atoms. The zero-order valence-corrected chi connectivity index (χ0v) is 10.1. The van der Waals surface area contributed by atoms with Gasteiger partial charge in [0.25, 0.3) is 0 Å². The van der Waals surface area contributed by atoms with Gasteiger partial charge in [-0.1, -0.05) is 17.7 Å². The van der Waals surface area contributed by atoms with Crippen LogP contribution in [-0.4, -0.2) is 4.98 Å². The molecule has 17 heavy (non-hydrogen) atoms. The lowest BCUT2D eigenvalue weighted by atomic mass is 10.1. The second-order valence-electron chi connectivity index (χ2n) is 3.78. The van der Waals surface area contributed by atoms with Gasteiger partial charge in [-0.3, -0.25) is 4.98 Å². The lowest BCUT2D eigenvalue weighted by molar-refractivity contribution is 0.627. The minimum Gasteiger partial charge on any atom is -0.376 e. The van der Waals surface area contributed by atoms with Crippen molar-refractivity contribution in [1.29, 1.82) is 0 Å². The van der Waals surface area contributed by atoms with Gasteiger partial charge in [0.1, 0.15) is 5.82 Å². The quantitative estimate of drug-likeness (QED) is 0.889. The standard InChI is InChI=1S/C13H12ClFN2/c1-9(10-3-2-6-16-8-10)17-13-5-4-11(14)7-12(13)15/h2-9,17H,1H3. The molecule has 2 nitrogen and oxygen atoms in total. The third-order valence-electron chi connectivity index (χ3n) is 2.49. The summed E-state index contributed by atoms with van der Waals surface area (Å²) in [6, 6.07) is 8.36. The van der Waals surface area contributed by atoms with Crippen LogP contribution in [0.2, 0.25) is 5.02 Å². The molecule has 0 fully saturated rings. The summed E-state index contributed by atoms with van der Waals surface area (Å²) >= 11 is 5.69. The van der Waals surface area contributed by atoms with Crippen LogP contribution in [0.1, 0.15) is 18.5 Å². The van der Waals surface area contributed by atoms with Crippen LogP contribution in [0, 0.1) is 5.82 Å². The van der Waals surface area contributed by atoms with Crippen LogP contribution in [0.15, 0.2) is 42.7 Å². The van der Waals surface area contributed by atoms with Crippen molar-refractivity contribution in [3.8, 4) is 0 Å². The summed E-state index contributed by atoms with van der Waals surface area (Å²) in [5, 5.41) is 3.47. The number of hydrogen-bond acceptors (Lipinski definition) is 2. The van der Waals surface area contributed by atoms with E-state index in [0.29, 0.717) is 10.7 Å². The summed E-state index contributed by atoms with van der Waals surface area (Å²) < 4.78 is 13.6. The van der Waals surface area contributed by atoms with Gasteiger partial charge in [0.15, 0.2) is 0 Å². The lowest BCUT2D eigenvalue weighted by Crippen LogP contribution is -2.08. The fourth-order valence-corrected chi connectivity index (χ4v) is 1.71. The molecule has 0 amide bonds. The topological polar surface area (TPSA) is 24.9 Å². The van der Waals surface area contributed by atoms with E-state index >= 15 is 0 Å². The Labute approximate surface area is 104 Å². The fraction of sp³-hybridized carbons (Fsp3) is 0.154. The van der Waals surface area contributed by atoms with Crippen molar-refractivity contribution >= 4 is 17.3 Å². The number of hydrogen-bond donors (Lipinski definition) is 1. The Morgan fingerprint density at radius 1 is 1.35 bits per heavy atom. The Kier molecular flexibility index (Phi) is 3.59. The number of anilines is 1. The Bertz CT molecular complexity index is 502. The largest absolute Gasteiger partial charge is 0.376 e. The smallest absolute Gasteiger partial charge is 0.147 e. The first-order valence-corrected chi connectivity index (χ1v) is 5.66. The van der Waals surface area contributed by atoms with Gasteiger partial charge in [-0.25, -0.2) is 4.39 Å². The van der Waals surface area contributed by atoms with Gasteiger partial charge in [-0.2, -0.15) is 0 Å². The van der Waals surface area contributed by atoms with Crippen molar-refractivity contribution in [3.05, 3.63) is 59.1 Å². The Morgan fingerprint density at radius 2 is 2.18 bits per heavy atom. The number of benzene rings is 1. The molecule has 1 aromatic carbocycles. The Morgan fingerprint density at radius 3 is 2.82 bits per heavy atom. The second-order valence-corrected chi connectivity index (χ2v) is 4.21. The first-order valence-electron chi connectivity index (χ1n) is 5.28. The van der Waals surface area contributed by atoms with Crippen LogP contribution < -0.4 is 5.32 Å². The first-order chi connectivity index (χ1) is 8.16. The SMILES string of the molecule is CC(Nc1ccc(Cl)cc1F)c1cccnc1. The molecule has 0 aliphatic heterocycles. The first kappa shape index (κ1) is 11.9. The van der Waals surface area contributed by atoms with Crippen LogP contribution in [0.5, 0.6) is 0 Å². The monoisotopic (exact) mass is 250 g/mol.